The van der Waals surface area contributed by atoms with Gasteiger partial charge in [0, 0.05) is 15.9 Å². The lowest BCUT2D eigenvalue weighted by Crippen LogP contribution is -2.32. The molecule has 0 aliphatic carbocycles. The Morgan fingerprint density at radius 2 is 1.72 bits per heavy atom. The van der Waals surface area contributed by atoms with Crippen molar-refractivity contribution in [1.29, 1.82) is 0 Å². The third-order valence-electron chi connectivity index (χ3n) is 3.92. The van der Waals surface area contributed by atoms with Crippen LogP contribution in [0.4, 0.5) is 0 Å². The fourth-order valence-corrected chi connectivity index (χ4v) is 3.11. The number of allylic oxidation sites excluding steroid dienone is 2. The van der Waals surface area contributed by atoms with Crippen LogP contribution >= 0.6 is 15.9 Å². The van der Waals surface area contributed by atoms with Crippen molar-refractivity contribution in [3.8, 4) is 0 Å². The molecule has 1 aliphatic heterocycles. The number of rotatable bonds is 5. The van der Waals surface area contributed by atoms with Crippen LogP contribution in [0.2, 0.25) is 0 Å². The van der Waals surface area contributed by atoms with Gasteiger partial charge in [-0.05, 0) is 31.5 Å². The number of benzene rings is 1. The fraction of sp³-hybridized carbons (Fsp3) is 0.263. The predicted molar refractivity (Wildman–Crippen MR) is 98.6 cm³/mol. The van der Waals surface area contributed by atoms with Crippen LogP contribution in [0.3, 0.4) is 0 Å². The number of carbonyl (C=O) groups excluding carboxylic acids is 2. The molecule has 0 saturated heterocycles. The highest BCUT2D eigenvalue weighted by Crippen LogP contribution is 2.39. The molecule has 0 radical (unpaired) electrons. The summed E-state index contributed by atoms with van der Waals surface area (Å²) < 4.78 is 11.1. The third-order valence-corrected chi connectivity index (χ3v) is 4.45. The van der Waals surface area contributed by atoms with Crippen molar-refractivity contribution in [1.82, 2.24) is 5.32 Å². The Bertz CT molecular complexity index is 762. The topological polar surface area (TPSA) is 64.6 Å². The van der Waals surface area contributed by atoms with Crippen LogP contribution in [-0.2, 0) is 19.1 Å². The monoisotopic (exact) mass is 405 g/mol. The van der Waals surface area contributed by atoms with Gasteiger partial charge in [-0.1, -0.05) is 40.7 Å². The highest BCUT2D eigenvalue weighted by atomic mass is 79.9. The fourth-order valence-electron chi connectivity index (χ4n) is 2.85. The van der Waals surface area contributed by atoms with Gasteiger partial charge in [0.05, 0.1) is 24.2 Å². The molecule has 1 atom stereocenters. The molecule has 1 aromatic carbocycles. The minimum atomic E-state index is -0.570. The van der Waals surface area contributed by atoms with Crippen LogP contribution in [0.15, 0.2) is 63.9 Å². The van der Waals surface area contributed by atoms with E-state index in [4.69, 9.17) is 9.47 Å². The molecule has 1 heterocycles. The smallest absolute Gasteiger partial charge is 0.337 e. The van der Waals surface area contributed by atoms with Crippen LogP contribution < -0.4 is 5.32 Å². The first-order valence-corrected chi connectivity index (χ1v) is 8.50. The molecule has 1 unspecified atom stereocenters. The van der Waals surface area contributed by atoms with E-state index >= 15 is 0 Å². The minimum absolute atomic E-state index is 0.0962. The van der Waals surface area contributed by atoms with Crippen molar-refractivity contribution in [3.63, 3.8) is 0 Å². The molecule has 5 nitrogen and oxygen atoms in total. The van der Waals surface area contributed by atoms with Crippen LogP contribution in [0.25, 0.3) is 0 Å². The number of dihydropyridines is 1. The van der Waals surface area contributed by atoms with Crippen LogP contribution in [0.5, 0.6) is 0 Å². The summed E-state index contributed by atoms with van der Waals surface area (Å²) in [5, 5.41) is 3.09. The Balaban J connectivity index is 2.60. The van der Waals surface area contributed by atoms with Gasteiger partial charge in [0.2, 0.25) is 0 Å². The van der Waals surface area contributed by atoms with E-state index < -0.39 is 17.9 Å². The van der Waals surface area contributed by atoms with Gasteiger partial charge in [0.25, 0.3) is 0 Å². The largest absolute Gasteiger partial charge is 0.466 e. The molecule has 6 heteroatoms. The Morgan fingerprint density at radius 3 is 2.24 bits per heavy atom. The average molecular weight is 406 g/mol. The zero-order chi connectivity index (χ0) is 18.6. The van der Waals surface area contributed by atoms with E-state index in [-0.39, 0.29) is 6.61 Å². The first-order valence-electron chi connectivity index (χ1n) is 7.71. The summed E-state index contributed by atoms with van der Waals surface area (Å²) in [4.78, 5) is 25.0. The molecule has 1 aromatic rings. The molecular weight excluding hydrogens is 386 g/mol. The second-order valence-corrected chi connectivity index (χ2v) is 6.48. The van der Waals surface area contributed by atoms with Crippen LogP contribution in [-0.4, -0.2) is 25.7 Å². The molecule has 0 aromatic heterocycles. The molecule has 1 aliphatic rings. The van der Waals surface area contributed by atoms with E-state index in [1.54, 1.807) is 13.8 Å². The number of hydrogen-bond donors (Lipinski definition) is 1. The zero-order valence-electron chi connectivity index (χ0n) is 14.4. The minimum Gasteiger partial charge on any atom is -0.466 e. The summed E-state index contributed by atoms with van der Waals surface area (Å²) in [7, 11) is 1.32. The van der Waals surface area contributed by atoms with Crippen molar-refractivity contribution in [2.75, 3.05) is 13.7 Å². The van der Waals surface area contributed by atoms with Gasteiger partial charge in [0.1, 0.15) is 6.61 Å². The Morgan fingerprint density at radius 1 is 1.16 bits per heavy atom. The molecule has 0 fully saturated rings. The van der Waals surface area contributed by atoms with Gasteiger partial charge >= 0.3 is 11.9 Å². The lowest BCUT2D eigenvalue weighted by Gasteiger charge is -2.30. The highest BCUT2D eigenvalue weighted by molar-refractivity contribution is 9.10. The van der Waals surface area contributed by atoms with E-state index in [1.165, 1.54) is 13.2 Å². The van der Waals surface area contributed by atoms with Crippen molar-refractivity contribution in [2.45, 2.75) is 19.8 Å². The zero-order valence-corrected chi connectivity index (χ0v) is 16.0. The highest BCUT2D eigenvalue weighted by Gasteiger charge is 2.37. The first-order chi connectivity index (χ1) is 11.9. The molecule has 0 saturated carbocycles. The third kappa shape index (κ3) is 4.02. The number of nitrogens with one attached hydrogen (secondary N) is 1. The van der Waals surface area contributed by atoms with E-state index in [0.29, 0.717) is 22.5 Å². The standard InChI is InChI=1S/C19H20BrNO4/c1-5-10-25-19(23)16-12(3)21-11(2)15(18(22)24-4)17(16)13-6-8-14(20)9-7-13/h5-9,17,21H,1,10H2,2-4H3. The number of ether oxygens (including phenoxy) is 2. The summed E-state index contributed by atoms with van der Waals surface area (Å²) in [6.45, 7) is 7.22. The second-order valence-electron chi connectivity index (χ2n) is 5.57. The summed E-state index contributed by atoms with van der Waals surface area (Å²) in [6.07, 6.45) is 1.50. The van der Waals surface area contributed by atoms with E-state index in [2.05, 4.69) is 27.8 Å². The van der Waals surface area contributed by atoms with E-state index in [9.17, 15) is 9.59 Å². The van der Waals surface area contributed by atoms with E-state index in [1.807, 2.05) is 24.3 Å². The maximum Gasteiger partial charge on any atom is 0.337 e. The summed E-state index contributed by atoms with van der Waals surface area (Å²) in [5.41, 5.74) is 2.87. The SMILES string of the molecule is C=CCOC(=O)C1=C(C)NC(C)=C(C(=O)OC)C1c1ccc(Br)cc1. The van der Waals surface area contributed by atoms with Crippen LogP contribution in [0.1, 0.15) is 25.3 Å². The van der Waals surface area contributed by atoms with E-state index in [0.717, 1.165) is 10.0 Å². The average Bonchev–Trinajstić information content (AvgIpc) is 2.59. The number of methoxy groups -OCH3 is 1. The molecular formula is C19H20BrNO4. The lowest BCUT2D eigenvalue weighted by molar-refractivity contribution is -0.138. The number of carbonyl (C=O) groups is 2. The van der Waals surface area contributed by atoms with Crippen molar-refractivity contribution >= 4 is 27.9 Å². The maximum absolute atomic E-state index is 12.6. The van der Waals surface area contributed by atoms with Gasteiger partial charge in [-0.15, -0.1) is 0 Å². The Labute approximate surface area is 155 Å². The number of esters is 2. The van der Waals surface area contributed by atoms with Gasteiger partial charge in [-0.3, -0.25) is 0 Å². The summed E-state index contributed by atoms with van der Waals surface area (Å²) in [6, 6.07) is 7.46. The molecule has 132 valence electrons. The Kier molecular flexibility index (Phi) is 6.20. The lowest BCUT2D eigenvalue weighted by atomic mass is 9.80. The summed E-state index contributed by atoms with van der Waals surface area (Å²) >= 11 is 3.40. The molecule has 2 rings (SSSR count). The molecule has 25 heavy (non-hydrogen) atoms. The number of halogens is 1. The molecule has 1 N–H and O–H groups in total. The maximum atomic E-state index is 12.6. The predicted octanol–water partition coefficient (Wildman–Crippen LogP) is 3.59. The first kappa shape index (κ1) is 19.0. The van der Waals surface area contributed by atoms with Gasteiger partial charge in [-0.2, -0.15) is 0 Å². The van der Waals surface area contributed by atoms with Crippen molar-refractivity contribution < 1.29 is 19.1 Å². The van der Waals surface area contributed by atoms with Gasteiger partial charge in [0.15, 0.2) is 0 Å². The van der Waals surface area contributed by atoms with Crippen molar-refractivity contribution in [3.05, 3.63) is 69.5 Å². The van der Waals surface area contributed by atoms with Gasteiger partial charge < -0.3 is 14.8 Å². The second kappa shape index (κ2) is 8.16. The van der Waals surface area contributed by atoms with Crippen LogP contribution in [0, 0.1) is 0 Å². The molecule has 0 bridgehead atoms. The summed E-state index contributed by atoms with van der Waals surface area (Å²) in [5.74, 6) is -1.55. The number of hydrogen-bond acceptors (Lipinski definition) is 5. The van der Waals surface area contributed by atoms with Gasteiger partial charge in [-0.25, -0.2) is 9.59 Å². The molecule has 0 spiro atoms. The van der Waals surface area contributed by atoms with Crippen molar-refractivity contribution in [2.24, 2.45) is 0 Å². The molecule has 0 amide bonds. The quantitative estimate of drug-likeness (QED) is 0.598. The normalized spacial score (nSPS) is 17.0. The Hall–Kier alpha value is -2.34.